The summed E-state index contributed by atoms with van der Waals surface area (Å²) in [6.45, 7) is 2.85. The Morgan fingerprint density at radius 3 is 2.04 bits per heavy atom. The van der Waals surface area contributed by atoms with Gasteiger partial charge in [-0.2, -0.15) is 0 Å². The largest absolute Gasteiger partial charge is 0.462 e. The van der Waals surface area contributed by atoms with Gasteiger partial charge in [0.15, 0.2) is 0 Å². The molecule has 0 bridgehead atoms. The van der Waals surface area contributed by atoms with Gasteiger partial charge < -0.3 is 14.2 Å². The van der Waals surface area contributed by atoms with Crippen LogP contribution in [0, 0.1) is 0 Å². The Morgan fingerprint density at radius 1 is 1.04 bits per heavy atom. The number of carbonyl (C=O) groups is 1. The fourth-order valence-corrected chi connectivity index (χ4v) is 2.86. The van der Waals surface area contributed by atoms with Gasteiger partial charge in [-0.15, -0.1) is 0 Å². The van der Waals surface area contributed by atoms with Crippen molar-refractivity contribution >= 4 is 5.97 Å². The smallest absolute Gasteiger partial charge is 0.363 e. The Bertz CT molecular complexity index is 614. The molecule has 0 saturated carbocycles. The zero-order chi connectivity index (χ0) is 17.5. The second kappa shape index (κ2) is 8.76. The highest BCUT2D eigenvalue weighted by Crippen LogP contribution is 2.23. The highest BCUT2D eigenvalue weighted by Gasteiger charge is 2.30. The molecule has 0 aromatic heterocycles. The van der Waals surface area contributed by atoms with Gasteiger partial charge in [0.2, 0.25) is 0 Å². The first-order valence-corrected chi connectivity index (χ1v) is 8.53. The molecule has 0 aliphatic carbocycles. The van der Waals surface area contributed by atoms with Crippen molar-refractivity contribution in [2.75, 3.05) is 19.8 Å². The van der Waals surface area contributed by atoms with Gasteiger partial charge in [-0.1, -0.05) is 60.7 Å². The van der Waals surface area contributed by atoms with E-state index in [1.165, 1.54) is 11.1 Å². The van der Waals surface area contributed by atoms with Crippen LogP contribution in [0.2, 0.25) is 0 Å². The van der Waals surface area contributed by atoms with Crippen LogP contribution < -0.4 is 5.32 Å². The Balaban J connectivity index is 1.67. The number of esters is 1. The van der Waals surface area contributed by atoms with Gasteiger partial charge in [-0.25, -0.2) is 4.79 Å². The SMILES string of the molecule is CCOC(=O)[C@H]1OC[C@H](NC(c2ccccc2)c2ccccc2)CO1. The first kappa shape index (κ1) is 17.6. The van der Waals surface area contributed by atoms with E-state index in [-0.39, 0.29) is 12.1 Å². The lowest BCUT2D eigenvalue weighted by molar-refractivity contribution is -0.215. The van der Waals surface area contributed by atoms with Crippen molar-refractivity contribution in [3.63, 3.8) is 0 Å². The van der Waals surface area contributed by atoms with E-state index in [4.69, 9.17) is 14.2 Å². The quantitative estimate of drug-likeness (QED) is 0.819. The van der Waals surface area contributed by atoms with Crippen LogP contribution in [0.3, 0.4) is 0 Å². The molecule has 1 N–H and O–H groups in total. The van der Waals surface area contributed by atoms with E-state index in [1.54, 1.807) is 6.92 Å². The maximum atomic E-state index is 11.7. The molecule has 2 aromatic rings. The molecule has 25 heavy (non-hydrogen) atoms. The summed E-state index contributed by atoms with van der Waals surface area (Å²) in [5, 5.41) is 3.58. The third kappa shape index (κ3) is 4.66. The second-order valence-electron chi connectivity index (χ2n) is 5.87. The number of carbonyl (C=O) groups excluding carboxylic acids is 1. The number of benzene rings is 2. The zero-order valence-corrected chi connectivity index (χ0v) is 14.3. The average Bonchev–Trinajstić information content (AvgIpc) is 2.68. The van der Waals surface area contributed by atoms with Crippen molar-refractivity contribution in [2.45, 2.75) is 25.3 Å². The summed E-state index contributed by atoms with van der Waals surface area (Å²) < 4.78 is 16.0. The van der Waals surface area contributed by atoms with Crippen molar-refractivity contribution in [1.29, 1.82) is 0 Å². The van der Waals surface area contributed by atoms with E-state index in [2.05, 4.69) is 29.6 Å². The maximum absolute atomic E-state index is 11.7. The standard InChI is InChI=1S/C20H23NO4/c1-2-23-19(22)20-24-13-17(14-25-20)21-18(15-9-5-3-6-10-15)16-11-7-4-8-12-16/h3-12,17-18,20-21H,2,13-14H2,1H3/t17-,20-. The highest BCUT2D eigenvalue weighted by atomic mass is 16.7. The maximum Gasteiger partial charge on any atom is 0.363 e. The monoisotopic (exact) mass is 341 g/mol. The van der Waals surface area contributed by atoms with E-state index >= 15 is 0 Å². The van der Waals surface area contributed by atoms with Crippen molar-refractivity contribution in [1.82, 2.24) is 5.32 Å². The van der Waals surface area contributed by atoms with Crippen LogP contribution in [0.5, 0.6) is 0 Å². The molecule has 1 heterocycles. The van der Waals surface area contributed by atoms with E-state index in [0.717, 1.165) is 0 Å². The van der Waals surface area contributed by atoms with E-state index in [0.29, 0.717) is 19.8 Å². The molecule has 0 amide bonds. The van der Waals surface area contributed by atoms with Crippen molar-refractivity contribution < 1.29 is 19.0 Å². The van der Waals surface area contributed by atoms with E-state index < -0.39 is 12.3 Å². The van der Waals surface area contributed by atoms with Gasteiger partial charge in [0.05, 0.1) is 31.9 Å². The summed E-state index contributed by atoms with van der Waals surface area (Å²) in [7, 11) is 0. The molecule has 2 aromatic carbocycles. The third-order valence-corrected chi connectivity index (χ3v) is 4.04. The van der Waals surface area contributed by atoms with Crippen molar-refractivity contribution in [2.24, 2.45) is 0 Å². The molecule has 0 spiro atoms. The minimum absolute atomic E-state index is 0.0175. The van der Waals surface area contributed by atoms with E-state index in [9.17, 15) is 4.79 Å². The molecule has 1 aliphatic rings. The fourth-order valence-electron chi connectivity index (χ4n) is 2.86. The Kier molecular flexibility index (Phi) is 6.17. The number of hydrogen-bond donors (Lipinski definition) is 1. The molecule has 5 nitrogen and oxygen atoms in total. The van der Waals surface area contributed by atoms with Crippen LogP contribution in [-0.2, 0) is 19.0 Å². The summed E-state index contributed by atoms with van der Waals surface area (Å²) in [6, 6.07) is 20.5. The van der Waals surface area contributed by atoms with Crippen LogP contribution >= 0.6 is 0 Å². The summed E-state index contributed by atoms with van der Waals surface area (Å²) in [4.78, 5) is 11.7. The molecule has 1 aliphatic heterocycles. The van der Waals surface area contributed by atoms with Gasteiger partial charge in [-0.3, -0.25) is 5.32 Å². The fraction of sp³-hybridized carbons (Fsp3) is 0.350. The van der Waals surface area contributed by atoms with Gasteiger partial charge in [0.25, 0.3) is 6.29 Å². The molecule has 1 fully saturated rings. The molecule has 5 heteroatoms. The molecule has 0 radical (unpaired) electrons. The first-order valence-electron chi connectivity index (χ1n) is 8.53. The lowest BCUT2D eigenvalue weighted by Gasteiger charge is -2.32. The van der Waals surface area contributed by atoms with E-state index in [1.807, 2.05) is 36.4 Å². The minimum Gasteiger partial charge on any atom is -0.462 e. The predicted molar refractivity (Wildman–Crippen MR) is 94.0 cm³/mol. The van der Waals surface area contributed by atoms with Gasteiger partial charge in [0, 0.05) is 0 Å². The van der Waals surface area contributed by atoms with Crippen molar-refractivity contribution in [3.05, 3.63) is 71.8 Å². The summed E-state index contributed by atoms with van der Waals surface area (Å²) in [5.41, 5.74) is 2.34. The van der Waals surface area contributed by atoms with Gasteiger partial charge in [0.1, 0.15) is 0 Å². The minimum atomic E-state index is -0.926. The summed E-state index contributed by atoms with van der Waals surface area (Å²) in [5.74, 6) is -0.469. The Labute approximate surface area is 147 Å². The number of ether oxygens (including phenoxy) is 3. The summed E-state index contributed by atoms with van der Waals surface area (Å²) in [6.07, 6.45) is -0.926. The molecular weight excluding hydrogens is 318 g/mol. The molecule has 132 valence electrons. The second-order valence-corrected chi connectivity index (χ2v) is 5.87. The van der Waals surface area contributed by atoms with Crippen LogP contribution in [0.25, 0.3) is 0 Å². The van der Waals surface area contributed by atoms with Crippen molar-refractivity contribution in [3.8, 4) is 0 Å². The number of hydrogen-bond acceptors (Lipinski definition) is 5. The molecule has 3 rings (SSSR count). The Morgan fingerprint density at radius 2 is 1.56 bits per heavy atom. The van der Waals surface area contributed by atoms with Crippen LogP contribution in [0.15, 0.2) is 60.7 Å². The normalized spacial score (nSPS) is 20.4. The Hall–Kier alpha value is -2.21. The van der Waals surface area contributed by atoms with Crippen LogP contribution in [0.1, 0.15) is 24.1 Å². The predicted octanol–water partition coefficient (Wildman–Crippen LogP) is 2.67. The van der Waals surface area contributed by atoms with Crippen LogP contribution in [0.4, 0.5) is 0 Å². The highest BCUT2D eigenvalue weighted by molar-refractivity contribution is 5.73. The number of nitrogens with one attached hydrogen (secondary N) is 1. The average molecular weight is 341 g/mol. The summed E-state index contributed by atoms with van der Waals surface area (Å²) >= 11 is 0. The molecule has 0 atom stereocenters. The topological polar surface area (TPSA) is 56.8 Å². The zero-order valence-electron chi connectivity index (χ0n) is 14.3. The molecule has 1 saturated heterocycles. The van der Waals surface area contributed by atoms with Gasteiger partial charge in [-0.05, 0) is 18.1 Å². The lowest BCUT2D eigenvalue weighted by Crippen LogP contribution is -2.48. The van der Waals surface area contributed by atoms with Crippen LogP contribution in [-0.4, -0.2) is 38.1 Å². The molecular formula is C20H23NO4. The van der Waals surface area contributed by atoms with Gasteiger partial charge >= 0.3 is 5.97 Å². The third-order valence-electron chi connectivity index (χ3n) is 4.04. The lowest BCUT2D eigenvalue weighted by atomic mass is 9.98. The molecule has 0 unspecified atom stereocenters. The number of rotatable bonds is 6. The first-order chi connectivity index (χ1) is 12.3.